The van der Waals surface area contributed by atoms with Crippen molar-refractivity contribution in [2.75, 3.05) is 24.7 Å². The molecule has 2 N–H and O–H groups in total. The molecule has 1 rings (SSSR count). The number of carbonyl (C=O) groups excluding carboxylic acids is 1. The number of pyridine rings is 1. The van der Waals surface area contributed by atoms with Crippen LogP contribution in [-0.2, 0) is 0 Å². The Labute approximate surface area is 110 Å². The van der Waals surface area contributed by atoms with Crippen LogP contribution in [0.4, 0.5) is 0 Å². The van der Waals surface area contributed by atoms with Crippen LogP contribution in [0.5, 0.6) is 0 Å². The van der Waals surface area contributed by atoms with Gasteiger partial charge in [-0.3, -0.25) is 4.79 Å². The highest BCUT2D eigenvalue weighted by Gasteiger charge is 2.09. The number of rotatable bonds is 7. The molecule has 0 aromatic carbocycles. The lowest BCUT2D eigenvalue weighted by molar-refractivity contribution is 0.0956. The van der Waals surface area contributed by atoms with Crippen LogP contribution in [0.15, 0.2) is 18.3 Å². The normalized spacial score (nSPS) is 10.2. The van der Waals surface area contributed by atoms with Gasteiger partial charge in [-0.15, -0.1) is 0 Å². The van der Waals surface area contributed by atoms with Crippen molar-refractivity contribution in [1.29, 1.82) is 0 Å². The number of nitrogens with zero attached hydrogens (tertiary/aromatic N) is 1. The zero-order chi connectivity index (χ0) is 12.5. The maximum atomic E-state index is 11.7. The fraction of sp³-hybridized carbons (Fsp3) is 0.455. The third kappa shape index (κ3) is 5.39. The molecule has 0 radical (unpaired) electrons. The average molecular weight is 275 g/mol. The summed E-state index contributed by atoms with van der Waals surface area (Å²) in [4.78, 5) is 15.5. The highest BCUT2D eigenvalue weighted by molar-refractivity contribution is 7.99. The van der Waals surface area contributed by atoms with E-state index in [1.165, 1.54) is 0 Å². The van der Waals surface area contributed by atoms with Crippen LogP contribution in [0.1, 0.15) is 16.8 Å². The topological polar surface area (TPSA) is 62.2 Å². The summed E-state index contributed by atoms with van der Waals surface area (Å²) in [6.45, 7) is 0.796. The molecule has 94 valence electrons. The van der Waals surface area contributed by atoms with E-state index in [4.69, 9.17) is 16.7 Å². The summed E-state index contributed by atoms with van der Waals surface area (Å²) in [5.74, 6) is 1.52. The van der Waals surface area contributed by atoms with Crippen molar-refractivity contribution in [2.24, 2.45) is 0 Å². The molecule has 17 heavy (non-hydrogen) atoms. The molecule has 0 aliphatic carbocycles. The van der Waals surface area contributed by atoms with E-state index < -0.39 is 0 Å². The third-order valence-electron chi connectivity index (χ3n) is 1.98. The molecule has 0 fully saturated rings. The molecule has 0 atom stereocenters. The van der Waals surface area contributed by atoms with Crippen molar-refractivity contribution in [3.05, 3.63) is 29.0 Å². The second-order valence-corrected chi connectivity index (χ2v) is 4.87. The molecule has 1 amide bonds. The van der Waals surface area contributed by atoms with Gasteiger partial charge in [-0.05, 0) is 24.3 Å². The molecule has 0 bridgehead atoms. The van der Waals surface area contributed by atoms with Crippen LogP contribution in [0.25, 0.3) is 0 Å². The van der Waals surface area contributed by atoms with Gasteiger partial charge in [-0.2, -0.15) is 11.8 Å². The quantitative estimate of drug-likeness (QED) is 0.585. The smallest absolute Gasteiger partial charge is 0.254 e. The first-order chi connectivity index (χ1) is 8.25. The number of hydrogen-bond acceptors (Lipinski definition) is 4. The number of halogens is 1. The Bertz CT molecular complexity index is 363. The number of nitrogens with one attached hydrogen (secondary N) is 1. The van der Waals surface area contributed by atoms with Gasteiger partial charge in [0, 0.05) is 25.1 Å². The van der Waals surface area contributed by atoms with E-state index in [-0.39, 0.29) is 17.7 Å². The molecule has 1 aromatic rings. The van der Waals surface area contributed by atoms with Crippen molar-refractivity contribution in [3.8, 4) is 0 Å². The molecular formula is C11H15ClN2O2S. The van der Waals surface area contributed by atoms with Crippen LogP contribution < -0.4 is 5.32 Å². The molecule has 0 saturated carbocycles. The lowest BCUT2D eigenvalue weighted by atomic mass is 10.3. The van der Waals surface area contributed by atoms with Gasteiger partial charge in [-0.1, -0.05) is 11.6 Å². The molecule has 0 saturated heterocycles. The summed E-state index contributed by atoms with van der Waals surface area (Å²) in [7, 11) is 0. The van der Waals surface area contributed by atoms with Gasteiger partial charge in [0.2, 0.25) is 0 Å². The minimum absolute atomic E-state index is 0.203. The predicted molar refractivity (Wildman–Crippen MR) is 70.6 cm³/mol. The molecule has 4 nitrogen and oxygen atoms in total. The first kappa shape index (κ1) is 14.3. The highest BCUT2D eigenvalue weighted by Crippen LogP contribution is 2.10. The summed E-state index contributed by atoms with van der Waals surface area (Å²) in [6.07, 6.45) is 2.33. The standard InChI is InChI=1S/C11H15ClN2O2S/c12-10-9(3-1-4-13-10)11(16)14-5-8-17-7-2-6-15/h1,3-4,15H,2,5-8H2,(H,14,16). The molecule has 6 heteroatoms. The number of hydrogen-bond donors (Lipinski definition) is 2. The van der Waals surface area contributed by atoms with Gasteiger partial charge in [0.1, 0.15) is 5.15 Å². The summed E-state index contributed by atoms with van der Waals surface area (Å²) >= 11 is 7.49. The molecule has 0 aliphatic rings. The summed E-state index contributed by atoms with van der Waals surface area (Å²) in [5, 5.41) is 11.6. The highest BCUT2D eigenvalue weighted by atomic mass is 35.5. The fourth-order valence-corrected chi connectivity index (χ4v) is 2.14. The maximum Gasteiger partial charge on any atom is 0.254 e. The van der Waals surface area contributed by atoms with Crippen molar-refractivity contribution in [2.45, 2.75) is 6.42 Å². The van der Waals surface area contributed by atoms with E-state index in [1.807, 2.05) is 0 Å². The van der Waals surface area contributed by atoms with Gasteiger partial charge in [-0.25, -0.2) is 4.98 Å². The maximum absolute atomic E-state index is 11.7. The zero-order valence-electron chi connectivity index (χ0n) is 9.36. The number of carbonyl (C=O) groups is 1. The first-order valence-corrected chi connectivity index (χ1v) is 6.86. The van der Waals surface area contributed by atoms with Gasteiger partial charge in [0.25, 0.3) is 5.91 Å². The minimum Gasteiger partial charge on any atom is -0.396 e. The third-order valence-corrected chi connectivity index (χ3v) is 3.35. The molecule has 0 spiro atoms. The molecule has 1 heterocycles. The Morgan fingerprint density at radius 2 is 2.35 bits per heavy atom. The lowest BCUT2D eigenvalue weighted by Crippen LogP contribution is -2.26. The molecule has 0 unspecified atom stereocenters. The van der Waals surface area contributed by atoms with Crippen LogP contribution in [0.2, 0.25) is 5.15 Å². The monoisotopic (exact) mass is 274 g/mol. The van der Waals surface area contributed by atoms with Gasteiger partial charge in [0.15, 0.2) is 0 Å². The second-order valence-electron chi connectivity index (χ2n) is 3.29. The van der Waals surface area contributed by atoms with E-state index >= 15 is 0 Å². The SMILES string of the molecule is O=C(NCCSCCCO)c1cccnc1Cl. The lowest BCUT2D eigenvalue weighted by Gasteiger charge is -2.05. The van der Waals surface area contributed by atoms with Crippen molar-refractivity contribution >= 4 is 29.3 Å². The van der Waals surface area contributed by atoms with E-state index in [9.17, 15) is 4.79 Å². The molecule has 1 aromatic heterocycles. The van der Waals surface area contributed by atoms with E-state index in [0.717, 1.165) is 17.9 Å². The Hall–Kier alpha value is -0.780. The largest absolute Gasteiger partial charge is 0.396 e. The Kier molecular flexibility index (Phi) is 7.00. The average Bonchev–Trinajstić information content (AvgIpc) is 2.34. The minimum atomic E-state index is -0.203. The van der Waals surface area contributed by atoms with E-state index in [0.29, 0.717) is 12.1 Å². The zero-order valence-corrected chi connectivity index (χ0v) is 10.9. The van der Waals surface area contributed by atoms with Gasteiger partial charge < -0.3 is 10.4 Å². The van der Waals surface area contributed by atoms with Gasteiger partial charge >= 0.3 is 0 Å². The van der Waals surface area contributed by atoms with E-state index in [2.05, 4.69) is 10.3 Å². The first-order valence-electron chi connectivity index (χ1n) is 5.33. The Morgan fingerprint density at radius 3 is 3.06 bits per heavy atom. The number of thioether (sulfide) groups is 1. The Balaban J connectivity index is 2.24. The molecule has 0 aliphatic heterocycles. The van der Waals surface area contributed by atoms with Crippen molar-refractivity contribution < 1.29 is 9.90 Å². The summed E-state index contributed by atoms with van der Waals surface area (Å²) < 4.78 is 0. The number of aliphatic hydroxyl groups excluding tert-OH is 1. The van der Waals surface area contributed by atoms with Crippen LogP contribution in [0.3, 0.4) is 0 Å². The number of amides is 1. The van der Waals surface area contributed by atoms with Crippen LogP contribution >= 0.6 is 23.4 Å². The van der Waals surface area contributed by atoms with Gasteiger partial charge in [0.05, 0.1) is 5.56 Å². The summed E-state index contributed by atoms with van der Waals surface area (Å²) in [5.41, 5.74) is 0.398. The molecular weight excluding hydrogens is 260 g/mol. The van der Waals surface area contributed by atoms with Crippen LogP contribution in [0, 0.1) is 0 Å². The van der Waals surface area contributed by atoms with Crippen molar-refractivity contribution in [1.82, 2.24) is 10.3 Å². The number of aromatic nitrogens is 1. The number of aliphatic hydroxyl groups is 1. The fourth-order valence-electron chi connectivity index (χ4n) is 1.16. The second kappa shape index (κ2) is 8.33. The van der Waals surface area contributed by atoms with Crippen molar-refractivity contribution in [3.63, 3.8) is 0 Å². The summed E-state index contributed by atoms with van der Waals surface area (Å²) in [6, 6.07) is 3.32. The Morgan fingerprint density at radius 1 is 1.53 bits per heavy atom. The van der Waals surface area contributed by atoms with Crippen LogP contribution in [-0.4, -0.2) is 40.7 Å². The predicted octanol–water partition coefficient (Wildman–Crippen LogP) is 1.58. The van der Waals surface area contributed by atoms with E-state index in [1.54, 1.807) is 30.1 Å².